The lowest BCUT2D eigenvalue weighted by Gasteiger charge is -2.60. The third-order valence-electron chi connectivity index (χ3n) is 7.68. The summed E-state index contributed by atoms with van der Waals surface area (Å²) in [5.74, 6) is 1.22. The predicted molar refractivity (Wildman–Crippen MR) is 119 cm³/mol. The number of hydrogen-bond donors (Lipinski definition) is 2. The van der Waals surface area contributed by atoms with Crippen LogP contribution in [0.2, 0.25) is 0 Å². The molecule has 0 heterocycles. The van der Waals surface area contributed by atoms with Crippen molar-refractivity contribution >= 4 is 15.9 Å². The van der Waals surface area contributed by atoms with Gasteiger partial charge in [0.15, 0.2) is 17.6 Å². The fraction of sp³-hybridized carbons (Fsp3) is 0.652. The van der Waals surface area contributed by atoms with Crippen LogP contribution in [0.5, 0.6) is 5.75 Å². The van der Waals surface area contributed by atoms with E-state index in [1.54, 1.807) is 13.8 Å². The minimum Gasteiger partial charge on any atom is -0.480 e. The summed E-state index contributed by atoms with van der Waals surface area (Å²) >= 11 is 0. The lowest BCUT2D eigenvalue weighted by Crippen LogP contribution is -2.66. The van der Waals surface area contributed by atoms with Crippen molar-refractivity contribution in [3.63, 3.8) is 0 Å². The van der Waals surface area contributed by atoms with Crippen molar-refractivity contribution in [1.82, 2.24) is 4.90 Å². The Morgan fingerprint density at radius 1 is 1.26 bits per heavy atom. The number of hydrogen-bond acceptors (Lipinski definition) is 5. The van der Waals surface area contributed by atoms with Crippen LogP contribution < -0.4 is 9.88 Å². The normalized spacial score (nSPS) is 31.9. The van der Waals surface area contributed by atoms with E-state index in [1.807, 2.05) is 32.0 Å². The van der Waals surface area contributed by atoms with Crippen LogP contribution in [-0.4, -0.2) is 35.5 Å². The standard InChI is InChI=1S/C23H32N4O3S/c1-14-5-6-19(15(2)7-14)30-22(3,4)21(25)27(13-24)20-17-8-16-9-18(20)12-23(10-16,11-17)31(26,28)29/h5-7,16-18,20,25H,8-12H2,1-4H3,(H2,26,28,29). The Balaban J connectivity index is 1.59. The fourth-order valence-corrected chi connectivity index (χ4v) is 7.85. The number of nitrogens with zero attached hydrogens (tertiary/aromatic N) is 2. The van der Waals surface area contributed by atoms with Crippen molar-refractivity contribution in [2.45, 2.75) is 76.2 Å². The Bertz CT molecular complexity index is 1040. The second-order valence-electron chi connectivity index (χ2n) is 10.4. The van der Waals surface area contributed by atoms with Gasteiger partial charge in [-0.05, 0) is 89.2 Å². The van der Waals surface area contributed by atoms with Crippen LogP contribution in [0.15, 0.2) is 18.2 Å². The van der Waals surface area contributed by atoms with Gasteiger partial charge in [-0.15, -0.1) is 0 Å². The van der Waals surface area contributed by atoms with E-state index in [2.05, 4.69) is 6.19 Å². The number of nitrogens with one attached hydrogen (secondary N) is 1. The molecule has 31 heavy (non-hydrogen) atoms. The van der Waals surface area contributed by atoms with E-state index in [1.165, 1.54) is 4.90 Å². The second kappa shape index (κ2) is 7.21. The second-order valence-corrected chi connectivity index (χ2v) is 12.3. The van der Waals surface area contributed by atoms with Crippen LogP contribution >= 0.6 is 0 Å². The number of ether oxygens (including phenoxy) is 1. The summed E-state index contributed by atoms with van der Waals surface area (Å²) in [6.07, 6.45) is 5.62. The maximum absolute atomic E-state index is 12.4. The maximum Gasteiger partial charge on any atom is 0.214 e. The van der Waals surface area contributed by atoms with Crippen molar-refractivity contribution < 1.29 is 13.2 Å². The molecule has 0 radical (unpaired) electrons. The van der Waals surface area contributed by atoms with Crippen LogP contribution in [0.4, 0.5) is 0 Å². The highest BCUT2D eigenvalue weighted by molar-refractivity contribution is 7.90. The van der Waals surface area contributed by atoms with Gasteiger partial charge in [-0.25, -0.2) is 13.6 Å². The summed E-state index contributed by atoms with van der Waals surface area (Å²) in [6, 6.07) is 5.72. The van der Waals surface area contributed by atoms with Gasteiger partial charge in [-0.1, -0.05) is 17.7 Å². The van der Waals surface area contributed by atoms with E-state index in [4.69, 9.17) is 15.3 Å². The molecule has 2 atom stereocenters. The molecule has 4 aliphatic rings. The molecule has 0 amide bonds. The SMILES string of the molecule is Cc1ccc(OC(C)(C)C(=N)N(C#N)C2C3CC4CC2CC(S(N)(=O)=O)(C4)C3)c(C)c1. The number of aryl methyl sites for hydroxylation is 2. The number of sulfonamides is 1. The van der Waals surface area contributed by atoms with Gasteiger partial charge in [0.1, 0.15) is 5.75 Å². The summed E-state index contributed by atoms with van der Waals surface area (Å²) < 4.78 is 30.2. The Labute approximate surface area is 185 Å². The van der Waals surface area contributed by atoms with Gasteiger partial charge >= 0.3 is 0 Å². The van der Waals surface area contributed by atoms with Crippen molar-refractivity contribution in [3.05, 3.63) is 29.3 Å². The molecule has 4 fully saturated rings. The number of benzene rings is 1. The van der Waals surface area contributed by atoms with Gasteiger partial charge in [0.25, 0.3) is 0 Å². The van der Waals surface area contributed by atoms with Crippen LogP contribution in [0.3, 0.4) is 0 Å². The smallest absolute Gasteiger partial charge is 0.214 e. The van der Waals surface area contributed by atoms with Gasteiger partial charge in [0.2, 0.25) is 10.0 Å². The third-order valence-corrected chi connectivity index (χ3v) is 9.39. The van der Waals surface area contributed by atoms with Gasteiger partial charge in [-0.3, -0.25) is 10.3 Å². The summed E-state index contributed by atoms with van der Waals surface area (Å²) in [4.78, 5) is 1.49. The van der Waals surface area contributed by atoms with Crippen LogP contribution in [-0.2, 0) is 10.0 Å². The minimum atomic E-state index is -3.66. The molecule has 4 bridgehead atoms. The summed E-state index contributed by atoms with van der Waals surface area (Å²) in [5, 5.41) is 24.6. The first-order valence-electron chi connectivity index (χ1n) is 10.9. The number of nitriles is 1. The van der Waals surface area contributed by atoms with E-state index in [-0.39, 0.29) is 23.7 Å². The zero-order valence-corrected chi connectivity index (χ0v) is 19.5. The Morgan fingerprint density at radius 3 is 2.39 bits per heavy atom. The first kappa shape index (κ1) is 22.1. The summed E-state index contributed by atoms with van der Waals surface area (Å²) in [5.41, 5.74) is 1.10. The van der Waals surface area contributed by atoms with E-state index in [9.17, 15) is 13.7 Å². The molecule has 168 valence electrons. The lowest BCUT2D eigenvalue weighted by molar-refractivity contribution is -0.0245. The quantitative estimate of drug-likeness (QED) is 0.312. The molecule has 0 aliphatic heterocycles. The molecule has 0 spiro atoms. The molecule has 8 heteroatoms. The van der Waals surface area contributed by atoms with E-state index >= 15 is 0 Å². The Kier molecular flexibility index (Phi) is 5.14. The molecule has 2 unspecified atom stereocenters. The topological polar surface area (TPSA) is 120 Å². The number of rotatable bonds is 5. The average Bonchev–Trinajstić information content (AvgIpc) is 2.65. The van der Waals surface area contributed by atoms with Crippen LogP contribution in [0.25, 0.3) is 0 Å². The van der Waals surface area contributed by atoms with E-state index in [0.29, 0.717) is 30.9 Å². The monoisotopic (exact) mass is 444 g/mol. The Morgan fingerprint density at radius 2 is 1.87 bits per heavy atom. The van der Waals surface area contributed by atoms with Crippen molar-refractivity contribution in [1.29, 1.82) is 10.7 Å². The summed E-state index contributed by atoms with van der Waals surface area (Å²) in [7, 11) is -3.66. The Hall–Kier alpha value is -2.11. The number of amidine groups is 1. The molecule has 7 nitrogen and oxygen atoms in total. The number of primary sulfonamides is 1. The maximum atomic E-state index is 12.4. The van der Waals surface area contributed by atoms with Crippen molar-refractivity contribution in [3.8, 4) is 11.9 Å². The molecule has 1 aromatic carbocycles. The molecule has 0 saturated heterocycles. The van der Waals surface area contributed by atoms with E-state index in [0.717, 1.165) is 24.0 Å². The third kappa shape index (κ3) is 3.62. The van der Waals surface area contributed by atoms with Crippen molar-refractivity contribution in [2.75, 3.05) is 0 Å². The van der Waals surface area contributed by atoms with Gasteiger partial charge < -0.3 is 4.74 Å². The highest BCUT2D eigenvalue weighted by Gasteiger charge is 2.61. The highest BCUT2D eigenvalue weighted by Crippen LogP contribution is 2.59. The van der Waals surface area contributed by atoms with Gasteiger partial charge in [0, 0.05) is 0 Å². The molecule has 4 aliphatic carbocycles. The molecule has 1 aromatic rings. The minimum absolute atomic E-state index is 0.0430. The van der Waals surface area contributed by atoms with Crippen molar-refractivity contribution in [2.24, 2.45) is 22.9 Å². The fourth-order valence-electron chi connectivity index (χ4n) is 6.49. The molecule has 4 saturated carbocycles. The zero-order valence-electron chi connectivity index (χ0n) is 18.7. The first-order chi connectivity index (χ1) is 14.4. The zero-order chi connectivity index (χ0) is 22.8. The first-order valence-corrected chi connectivity index (χ1v) is 12.5. The largest absolute Gasteiger partial charge is 0.480 e. The number of nitrogens with two attached hydrogens (primary N) is 1. The molecular weight excluding hydrogens is 412 g/mol. The van der Waals surface area contributed by atoms with Gasteiger partial charge in [-0.2, -0.15) is 5.26 Å². The highest BCUT2D eigenvalue weighted by atomic mass is 32.2. The molecular formula is C23H32N4O3S. The predicted octanol–water partition coefficient (Wildman–Crippen LogP) is 3.46. The molecule has 0 aromatic heterocycles. The van der Waals surface area contributed by atoms with E-state index < -0.39 is 20.4 Å². The van der Waals surface area contributed by atoms with Gasteiger partial charge in [0.05, 0.1) is 10.8 Å². The molecule has 5 rings (SSSR count). The average molecular weight is 445 g/mol. The molecule has 3 N–H and O–H groups in total. The van der Waals surface area contributed by atoms with Crippen LogP contribution in [0, 0.1) is 48.5 Å². The lowest BCUT2D eigenvalue weighted by atomic mass is 9.53. The summed E-state index contributed by atoms with van der Waals surface area (Å²) in [6.45, 7) is 7.60. The van der Waals surface area contributed by atoms with Crippen LogP contribution in [0.1, 0.15) is 57.1 Å².